The number of rotatable bonds is 2. The maximum atomic E-state index is 12.6. The molecule has 1 aromatic carbocycles. The summed E-state index contributed by atoms with van der Waals surface area (Å²) < 4.78 is 0. The molecule has 2 N–H and O–H groups in total. The summed E-state index contributed by atoms with van der Waals surface area (Å²) in [6, 6.07) is 8.35. The molecule has 0 aliphatic carbocycles. The van der Waals surface area contributed by atoms with Crippen molar-refractivity contribution in [2.75, 3.05) is 19.6 Å². The smallest absolute Gasteiger partial charge is 0.254 e. The van der Waals surface area contributed by atoms with E-state index in [4.69, 9.17) is 0 Å². The third kappa shape index (κ3) is 2.87. The van der Waals surface area contributed by atoms with Crippen LogP contribution in [-0.4, -0.2) is 41.1 Å². The number of hydrogen-bond acceptors (Lipinski definition) is 3. The van der Waals surface area contributed by atoms with Crippen LogP contribution in [0.5, 0.6) is 0 Å². The molecule has 3 rings (SSSR count). The van der Waals surface area contributed by atoms with E-state index in [1.807, 2.05) is 17.0 Å². The Hall–Kier alpha value is -1.10. The Labute approximate surface area is 138 Å². The predicted octanol–water partition coefficient (Wildman–Crippen LogP) is 1.91. The summed E-state index contributed by atoms with van der Waals surface area (Å²) in [6.07, 6.45) is 0. The number of aliphatic hydroxyl groups is 1. The van der Waals surface area contributed by atoms with Crippen LogP contribution in [0.3, 0.4) is 0 Å². The Balaban J connectivity index is 0.00000176. The molecular weight excluding hydrogens is 300 g/mol. The second-order valence-corrected chi connectivity index (χ2v) is 6.90. The van der Waals surface area contributed by atoms with Crippen LogP contribution in [0.15, 0.2) is 24.3 Å². The molecule has 4 nitrogen and oxygen atoms in total. The van der Waals surface area contributed by atoms with Gasteiger partial charge < -0.3 is 15.3 Å². The van der Waals surface area contributed by atoms with Crippen LogP contribution < -0.4 is 5.32 Å². The highest BCUT2D eigenvalue weighted by molar-refractivity contribution is 5.85. The van der Waals surface area contributed by atoms with Gasteiger partial charge in [0, 0.05) is 25.6 Å². The highest BCUT2D eigenvalue weighted by atomic mass is 35.5. The molecule has 1 aromatic rings. The quantitative estimate of drug-likeness (QED) is 0.873. The molecule has 0 bridgehead atoms. The van der Waals surface area contributed by atoms with Crippen molar-refractivity contribution >= 4 is 18.3 Å². The van der Waals surface area contributed by atoms with Gasteiger partial charge in [-0.1, -0.05) is 24.3 Å². The average molecular weight is 325 g/mol. The Morgan fingerprint density at radius 1 is 1.32 bits per heavy atom. The van der Waals surface area contributed by atoms with Gasteiger partial charge in [-0.2, -0.15) is 0 Å². The third-order valence-corrected chi connectivity index (χ3v) is 4.86. The van der Waals surface area contributed by atoms with Crippen LogP contribution in [0.4, 0.5) is 0 Å². The molecule has 2 aliphatic heterocycles. The number of benzene rings is 1. The van der Waals surface area contributed by atoms with Crippen LogP contribution in [0.2, 0.25) is 0 Å². The van der Waals surface area contributed by atoms with Crippen molar-refractivity contribution in [3.05, 3.63) is 35.4 Å². The molecular formula is C17H25ClN2O2. The first-order valence-electron chi connectivity index (χ1n) is 7.69. The molecule has 0 aromatic heterocycles. The zero-order chi connectivity index (χ0) is 15.2. The topological polar surface area (TPSA) is 52.6 Å². The van der Waals surface area contributed by atoms with Gasteiger partial charge in [0.2, 0.25) is 0 Å². The van der Waals surface area contributed by atoms with Gasteiger partial charge in [-0.05, 0) is 37.8 Å². The maximum absolute atomic E-state index is 12.6. The molecule has 2 saturated heterocycles. The number of amides is 1. The fraction of sp³-hybridized carbons (Fsp3) is 0.588. The average Bonchev–Trinajstić information content (AvgIpc) is 2.98. The van der Waals surface area contributed by atoms with Gasteiger partial charge >= 0.3 is 0 Å². The summed E-state index contributed by atoms with van der Waals surface area (Å²) in [5, 5.41) is 13.6. The molecule has 2 fully saturated rings. The molecule has 122 valence electrons. The summed E-state index contributed by atoms with van der Waals surface area (Å²) in [5.74, 6) is 0.767. The minimum absolute atomic E-state index is 0. The zero-order valence-electron chi connectivity index (χ0n) is 13.4. The van der Waals surface area contributed by atoms with Crippen LogP contribution in [0.1, 0.15) is 31.0 Å². The SMILES string of the molecule is Cc1ccccc1[C@@H]1[C@H]2CNC[C@H]2CN1C(=O)C(C)(C)O.Cl. The van der Waals surface area contributed by atoms with E-state index < -0.39 is 5.60 Å². The van der Waals surface area contributed by atoms with E-state index in [9.17, 15) is 9.90 Å². The first-order valence-corrected chi connectivity index (χ1v) is 7.69. The number of halogens is 1. The molecule has 2 heterocycles. The number of nitrogens with one attached hydrogen (secondary N) is 1. The largest absolute Gasteiger partial charge is 0.381 e. The van der Waals surface area contributed by atoms with E-state index in [2.05, 4.69) is 24.4 Å². The lowest BCUT2D eigenvalue weighted by atomic mass is 9.87. The van der Waals surface area contributed by atoms with Crippen molar-refractivity contribution < 1.29 is 9.90 Å². The first-order chi connectivity index (χ1) is 9.89. The lowest BCUT2D eigenvalue weighted by Crippen LogP contribution is -2.46. The standard InChI is InChI=1S/C17H24N2O2.ClH/c1-11-6-4-5-7-13(11)15-14-9-18-8-12(14)10-19(15)16(20)17(2,3)21;/h4-7,12,14-15,18,21H,8-10H2,1-3H3;1H/t12-,14-,15+;/m0./s1. The Morgan fingerprint density at radius 2 is 2.00 bits per heavy atom. The second kappa shape index (κ2) is 6.19. The van der Waals surface area contributed by atoms with Crippen LogP contribution >= 0.6 is 12.4 Å². The number of nitrogens with zero attached hydrogens (tertiary/aromatic N) is 1. The highest BCUT2D eigenvalue weighted by Gasteiger charge is 2.49. The van der Waals surface area contributed by atoms with Crippen molar-refractivity contribution in [2.24, 2.45) is 11.8 Å². The van der Waals surface area contributed by atoms with Gasteiger partial charge in [0.05, 0.1) is 6.04 Å². The predicted molar refractivity (Wildman–Crippen MR) is 89.0 cm³/mol. The van der Waals surface area contributed by atoms with Gasteiger partial charge in [0.1, 0.15) is 5.60 Å². The summed E-state index contributed by atoms with van der Waals surface area (Å²) in [6.45, 7) is 7.90. The highest BCUT2D eigenvalue weighted by Crippen LogP contribution is 2.44. The number of hydrogen-bond donors (Lipinski definition) is 2. The lowest BCUT2D eigenvalue weighted by Gasteiger charge is -2.33. The lowest BCUT2D eigenvalue weighted by molar-refractivity contribution is -0.149. The van der Waals surface area contributed by atoms with Crippen molar-refractivity contribution in [2.45, 2.75) is 32.4 Å². The molecule has 0 radical (unpaired) electrons. The van der Waals surface area contributed by atoms with Gasteiger partial charge in [-0.3, -0.25) is 4.79 Å². The van der Waals surface area contributed by atoms with Crippen molar-refractivity contribution in [1.82, 2.24) is 10.2 Å². The summed E-state index contributed by atoms with van der Waals surface area (Å²) in [7, 11) is 0. The summed E-state index contributed by atoms with van der Waals surface area (Å²) >= 11 is 0. The Kier molecular flexibility index (Phi) is 4.85. The van der Waals surface area contributed by atoms with Gasteiger partial charge in [-0.25, -0.2) is 0 Å². The van der Waals surface area contributed by atoms with E-state index in [0.717, 1.165) is 19.6 Å². The maximum Gasteiger partial charge on any atom is 0.254 e. The fourth-order valence-corrected chi connectivity index (χ4v) is 3.80. The molecule has 2 aliphatic rings. The van der Waals surface area contributed by atoms with Gasteiger partial charge in [0.25, 0.3) is 5.91 Å². The summed E-state index contributed by atoms with van der Waals surface area (Å²) in [5.41, 5.74) is 1.11. The second-order valence-electron chi connectivity index (χ2n) is 6.90. The van der Waals surface area contributed by atoms with Crippen LogP contribution in [0, 0.1) is 18.8 Å². The van der Waals surface area contributed by atoms with Crippen molar-refractivity contribution in [3.63, 3.8) is 0 Å². The van der Waals surface area contributed by atoms with Gasteiger partial charge in [0.15, 0.2) is 0 Å². The minimum Gasteiger partial charge on any atom is -0.381 e. The number of likely N-dealkylation sites (tertiary alicyclic amines) is 1. The normalized spacial score (nSPS) is 27.5. The monoisotopic (exact) mass is 324 g/mol. The van der Waals surface area contributed by atoms with Crippen molar-refractivity contribution in [1.29, 1.82) is 0 Å². The minimum atomic E-state index is -1.31. The van der Waals surface area contributed by atoms with E-state index in [-0.39, 0.29) is 24.4 Å². The van der Waals surface area contributed by atoms with Crippen molar-refractivity contribution in [3.8, 4) is 0 Å². The van der Waals surface area contributed by atoms with Gasteiger partial charge in [-0.15, -0.1) is 12.4 Å². The Bertz CT molecular complexity index is 556. The van der Waals surface area contributed by atoms with E-state index in [0.29, 0.717) is 11.8 Å². The van der Waals surface area contributed by atoms with E-state index in [1.54, 1.807) is 13.8 Å². The third-order valence-electron chi connectivity index (χ3n) is 4.86. The number of aryl methyl sites for hydroxylation is 1. The molecule has 5 heteroatoms. The molecule has 0 spiro atoms. The fourth-order valence-electron chi connectivity index (χ4n) is 3.80. The van der Waals surface area contributed by atoms with Crippen LogP contribution in [0.25, 0.3) is 0 Å². The number of carbonyl (C=O) groups is 1. The molecule has 22 heavy (non-hydrogen) atoms. The number of carbonyl (C=O) groups excluding carboxylic acids is 1. The van der Waals surface area contributed by atoms with E-state index >= 15 is 0 Å². The molecule has 3 atom stereocenters. The zero-order valence-corrected chi connectivity index (χ0v) is 14.2. The molecule has 1 amide bonds. The summed E-state index contributed by atoms with van der Waals surface area (Å²) in [4.78, 5) is 14.5. The molecule has 0 saturated carbocycles. The molecule has 0 unspecified atom stereocenters. The Morgan fingerprint density at radius 3 is 2.64 bits per heavy atom. The number of fused-ring (bicyclic) bond motifs is 1. The first kappa shape index (κ1) is 17.3. The van der Waals surface area contributed by atoms with E-state index in [1.165, 1.54) is 11.1 Å². The van der Waals surface area contributed by atoms with Crippen LogP contribution in [-0.2, 0) is 4.79 Å².